The highest BCUT2D eigenvalue weighted by Gasteiger charge is 2.06. The van der Waals surface area contributed by atoms with Gasteiger partial charge in [-0.25, -0.2) is 10.2 Å². The molecule has 3 rings (SSSR count). The van der Waals surface area contributed by atoms with Crippen LogP contribution in [-0.4, -0.2) is 29.3 Å². The molecule has 0 aliphatic heterocycles. The van der Waals surface area contributed by atoms with Gasteiger partial charge in [0.15, 0.2) is 6.61 Å². The van der Waals surface area contributed by atoms with Gasteiger partial charge >= 0.3 is 5.97 Å². The van der Waals surface area contributed by atoms with Crippen LogP contribution in [0.5, 0.6) is 11.5 Å². The van der Waals surface area contributed by atoms with Crippen LogP contribution in [-0.2, 0) is 11.4 Å². The molecule has 0 saturated carbocycles. The van der Waals surface area contributed by atoms with Crippen LogP contribution in [0.3, 0.4) is 0 Å². The van der Waals surface area contributed by atoms with Gasteiger partial charge in [0.25, 0.3) is 5.91 Å². The van der Waals surface area contributed by atoms with Gasteiger partial charge in [-0.05, 0) is 66.6 Å². The zero-order valence-corrected chi connectivity index (χ0v) is 16.9. The van der Waals surface area contributed by atoms with Crippen LogP contribution in [0, 0.1) is 0 Å². The molecular weight excluding hydrogens is 396 g/mol. The van der Waals surface area contributed by atoms with Crippen molar-refractivity contribution in [1.82, 2.24) is 5.43 Å². The van der Waals surface area contributed by atoms with E-state index in [9.17, 15) is 9.59 Å². The fraction of sp³-hybridized carbons (Fsp3) is 0.125. The predicted octanol–water partition coefficient (Wildman–Crippen LogP) is 3.88. The Hall–Kier alpha value is -4.13. The highest BCUT2D eigenvalue weighted by Crippen LogP contribution is 2.14. The number of carboxylic acid groups (broad SMARTS) is 1. The summed E-state index contributed by atoms with van der Waals surface area (Å²) in [6, 6.07) is 23.4. The number of benzene rings is 3. The summed E-state index contributed by atoms with van der Waals surface area (Å²) in [7, 11) is 0. The summed E-state index contributed by atoms with van der Waals surface area (Å²) < 4.78 is 10.8. The number of nitrogens with zero attached hydrogens (tertiary/aromatic N) is 1. The molecule has 1 amide bonds. The van der Waals surface area contributed by atoms with E-state index in [-0.39, 0.29) is 5.91 Å². The summed E-state index contributed by atoms with van der Waals surface area (Å²) in [4.78, 5) is 22.9. The number of carbonyl (C=O) groups is 2. The lowest BCUT2D eigenvalue weighted by atomic mass is 10.1. The van der Waals surface area contributed by atoms with E-state index in [0.717, 1.165) is 16.9 Å². The molecule has 31 heavy (non-hydrogen) atoms. The minimum atomic E-state index is -1.04. The molecule has 0 aliphatic rings. The van der Waals surface area contributed by atoms with Gasteiger partial charge in [-0.3, -0.25) is 4.79 Å². The molecule has 0 heterocycles. The van der Waals surface area contributed by atoms with Crippen LogP contribution >= 0.6 is 0 Å². The van der Waals surface area contributed by atoms with Gasteiger partial charge in [-0.15, -0.1) is 0 Å². The molecule has 0 bridgehead atoms. The fourth-order valence-corrected chi connectivity index (χ4v) is 2.64. The first-order valence-electron chi connectivity index (χ1n) is 9.58. The van der Waals surface area contributed by atoms with E-state index in [0.29, 0.717) is 23.6 Å². The van der Waals surface area contributed by atoms with Gasteiger partial charge in [-0.1, -0.05) is 30.3 Å². The van der Waals surface area contributed by atoms with Crippen molar-refractivity contribution in [2.75, 3.05) is 6.61 Å². The van der Waals surface area contributed by atoms with Crippen LogP contribution in [0.4, 0.5) is 0 Å². The molecule has 0 saturated heterocycles. The Morgan fingerprint density at radius 3 is 2.10 bits per heavy atom. The first-order chi connectivity index (χ1) is 15.0. The molecule has 0 unspecified atom stereocenters. The number of para-hydroxylation sites is 1. The summed E-state index contributed by atoms with van der Waals surface area (Å²) in [6.45, 7) is 1.77. The van der Waals surface area contributed by atoms with Gasteiger partial charge in [0, 0.05) is 5.56 Å². The van der Waals surface area contributed by atoms with E-state index in [4.69, 9.17) is 14.6 Å². The van der Waals surface area contributed by atoms with Crippen molar-refractivity contribution >= 4 is 17.6 Å². The molecule has 0 atom stereocenters. The number of rotatable bonds is 9. The maximum absolute atomic E-state index is 12.3. The Morgan fingerprint density at radius 2 is 1.45 bits per heavy atom. The van der Waals surface area contributed by atoms with Crippen molar-refractivity contribution in [2.45, 2.75) is 13.5 Å². The third-order valence-electron chi connectivity index (χ3n) is 4.32. The number of carboxylic acids is 1. The number of hydrogen-bond donors (Lipinski definition) is 2. The maximum Gasteiger partial charge on any atom is 0.341 e. The van der Waals surface area contributed by atoms with Crippen molar-refractivity contribution < 1.29 is 24.2 Å². The van der Waals surface area contributed by atoms with Crippen LogP contribution in [0.15, 0.2) is 84.0 Å². The molecular formula is C24H22N2O5. The molecule has 7 heteroatoms. The van der Waals surface area contributed by atoms with Crippen LogP contribution in [0.2, 0.25) is 0 Å². The fourth-order valence-electron chi connectivity index (χ4n) is 2.64. The van der Waals surface area contributed by atoms with Gasteiger partial charge in [0.1, 0.15) is 18.1 Å². The number of nitrogens with one attached hydrogen (secondary N) is 1. The van der Waals surface area contributed by atoms with Crippen molar-refractivity contribution in [3.8, 4) is 11.5 Å². The Balaban J connectivity index is 1.53. The lowest BCUT2D eigenvalue weighted by Gasteiger charge is -2.07. The Bertz CT molecular complexity index is 1050. The largest absolute Gasteiger partial charge is 0.489 e. The van der Waals surface area contributed by atoms with Crippen molar-refractivity contribution in [3.63, 3.8) is 0 Å². The first kappa shape index (κ1) is 21.6. The lowest BCUT2D eigenvalue weighted by molar-refractivity contribution is -0.139. The number of amides is 1. The minimum absolute atomic E-state index is 0.323. The second-order valence-corrected chi connectivity index (χ2v) is 6.64. The first-order valence-corrected chi connectivity index (χ1v) is 9.58. The second-order valence-electron chi connectivity index (χ2n) is 6.64. The van der Waals surface area contributed by atoms with Crippen molar-refractivity contribution in [3.05, 3.63) is 95.6 Å². The van der Waals surface area contributed by atoms with E-state index >= 15 is 0 Å². The zero-order valence-electron chi connectivity index (χ0n) is 16.9. The van der Waals surface area contributed by atoms with Crippen LogP contribution in [0.25, 0.3) is 0 Å². The number of carbonyl (C=O) groups excluding carboxylic acids is 1. The average molecular weight is 418 g/mol. The number of hydrogen-bond acceptors (Lipinski definition) is 5. The number of aliphatic carboxylic acids is 1. The average Bonchev–Trinajstić information content (AvgIpc) is 2.81. The molecule has 0 aromatic heterocycles. The predicted molar refractivity (Wildman–Crippen MR) is 116 cm³/mol. The zero-order chi connectivity index (χ0) is 22.1. The van der Waals surface area contributed by atoms with E-state index in [1.807, 2.05) is 42.5 Å². The molecule has 3 aromatic rings. The Kier molecular flexibility index (Phi) is 7.37. The SMILES string of the molecule is C/C(=N/NC(=O)c1ccc(COc2ccccc2)cc1)c1ccc(OCC(=O)O)cc1. The summed E-state index contributed by atoms with van der Waals surface area (Å²) in [5.41, 5.74) is 5.35. The summed E-state index contributed by atoms with van der Waals surface area (Å²) >= 11 is 0. The van der Waals surface area contributed by atoms with Gasteiger partial charge in [0.05, 0.1) is 5.71 Å². The summed E-state index contributed by atoms with van der Waals surface area (Å²) in [6.07, 6.45) is 0. The summed E-state index contributed by atoms with van der Waals surface area (Å²) in [5.74, 6) is -0.132. The van der Waals surface area contributed by atoms with Gasteiger partial charge in [0.2, 0.25) is 0 Å². The van der Waals surface area contributed by atoms with E-state index in [1.54, 1.807) is 43.3 Å². The highest BCUT2D eigenvalue weighted by atomic mass is 16.5. The van der Waals surface area contributed by atoms with E-state index in [1.165, 1.54) is 0 Å². The molecule has 3 aromatic carbocycles. The molecule has 0 radical (unpaired) electrons. The topological polar surface area (TPSA) is 97.2 Å². The van der Waals surface area contributed by atoms with Crippen LogP contribution < -0.4 is 14.9 Å². The van der Waals surface area contributed by atoms with Gasteiger partial charge < -0.3 is 14.6 Å². The monoisotopic (exact) mass is 418 g/mol. The second kappa shape index (κ2) is 10.6. The molecule has 0 aliphatic carbocycles. The van der Waals surface area contributed by atoms with E-state index < -0.39 is 12.6 Å². The molecule has 7 nitrogen and oxygen atoms in total. The third kappa shape index (κ3) is 6.71. The molecule has 158 valence electrons. The third-order valence-corrected chi connectivity index (χ3v) is 4.32. The quantitative estimate of drug-likeness (QED) is 0.406. The molecule has 0 spiro atoms. The van der Waals surface area contributed by atoms with Crippen molar-refractivity contribution in [1.29, 1.82) is 0 Å². The highest BCUT2D eigenvalue weighted by molar-refractivity contribution is 6.00. The summed E-state index contributed by atoms with van der Waals surface area (Å²) in [5, 5.41) is 12.8. The standard InChI is InChI=1S/C24H22N2O5/c1-17(19-11-13-22(14-12-19)31-16-23(27)28)25-26-24(29)20-9-7-18(8-10-20)15-30-21-5-3-2-4-6-21/h2-14H,15-16H2,1H3,(H,26,29)(H,27,28)/b25-17-. The maximum atomic E-state index is 12.3. The molecule has 0 fully saturated rings. The number of hydrazone groups is 1. The van der Waals surface area contributed by atoms with E-state index in [2.05, 4.69) is 10.5 Å². The normalized spacial score (nSPS) is 10.9. The Morgan fingerprint density at radius 1 is 0.839 bits per heavy atom. The lowest BCUT2D eigenvalue weighted by Crippen LogP contribution is -2.19. The smallest absolute Gasteiger partial charge is 0.341 e. The molecule has 2 N–H and O–H groups in total. The Labute approximate surface area is 179 Å². The number of ether oxygens (including phenoxy) is 2. The van der Waals surface area contributed by atoms with Crippen LogP contribution in [0.1, 0.15) is 28.4 Å². The van der Waals surface area contributed by atoms with Gasteiger partial charge in [-0.2, -0.15) is 5.10 Å². The van der Waals surface area contributed by atoms with Crippen molar-refractivity contribution in [2.24, 2.45) is 5.10 Å². The minimum Gasteiger partial charge on any atom is -0.489 e.